The van der Waals surface area contributed by atoms with Gasteiger partial charge in [-0.1, -0.05) is 6.58 Å². The molecule has 0 aliphatic carbocycles. The largest absolute Gasteiger partial charge is 0.303 e. The molecule has 0 amide bonds. The van der Waals surface area contributed by atoms with Crippen LogP contribution < -0.4 is 0 Å². The monoisotopic (exact) mass is 140 g/mol. The molecule has 0 aromatic rings. The van der Waals surface area contributed by atoms with Crippen molar-refractivity contribution in [1.82, 2.24) is 0 Å². The lowest BCUT2D eigenvalue weighted by Gasteiger charge is -1.82. The highest BCUT2D eigenvalue weighted by Crippen LogP contribution is 1.85. The van der Waals surface area contributed by atoms with Crippen molar-refractivity contribution in [2.24, 2.45) is 9.98 Å². The Labute approximate surface area is 59.5 Å². The van der Waals surface area contributed by atoms with E-state index in [2.05, 4.69) is 22.3 Å². The highest BCUT2D eigenvalue weighted by Gasteiger charge is 1.84. The topological polar surface area (TPSA) is 24.7 Å². The van der Waals surface area contributed by atoms with Gasteiger partial charge in [0.05, 0.1) is 0 Å². The van der Waals surface area contributed by atoms with Crippen molar-refractivity contribution in [2.45, 2.75) is 6.92 Å². The van der Waals surface area contributed by atoms with Gasteiger partial charge in [-0.2, -0.15) is 4.39 Å². The van der Waals surface area contributed by atoms with E-state index in [0.29, 0.717) is 5.57 Å². The lowest BCUT2D eigenvalue weighted by molar-refractivity contribution is 0.787. The molecule has 0 N–H and O–H groups in total. The molecule has 0 atom stereocenters. The first-order valence-electron chi connectivity index (χ1n) is 2.73. The Hall–Kier alpha value is -1.21. The van der Waals surface area contributed by atoms with Crippen molar-refractivity contribution in [1.29, 1.82) is 0 Å². The second-order valence-electron chi connectivity index (χ2n) is 1.61. The Morgan fingerprint density at radius 2 is 2.30 bits per heavy atom. The van der Waals surface area contributed by atoms with Crippen LogP contribution in [0.5, 0.6) is 0 Å². The number of allylic oxidation sites excluding steroid dienone is 1. The molecule has 0 unspecified atom stereocenters. The third-order valence-electron chi connectivity index (χ3n) is 0.828. The average Bonchev–Trinajstić information content (AvgIpc) is 1.99. The number of nitrogens with zero attached hydrogens (tertiary/aromatic N) is 2. The third-order valence-corrected chi connectivity index (χ3v) is 0.828. The molecular formula is C7H9FN2. The van der Waals surface area contributed by atoms with Gasteiger partial charge in [-0.15, -0.1) is 5.73 Å². The number of aliphatic imine (C=N–C) groups is 2. The van der Waals surface area contributed by atoms with Crippen molar-refractivity contribution >= 4 is 12.3 Å². The predicted molar refractivity (Wildman–Crippen MR) is 41.3 cm³/mol. The fraction of sp³-hybridized carbons (Fsp3) is 0.286. The predicted octanol–water partition coefficient (Wildman–Crippen LogP) is 1.74. The highest BCUT2D eigenvalue weighted by atomic mass is 19.1. The van der Waals surface area contributed by atoms with Gasteiger partial charge < -0.3 is 0 Å². The third kappa shape index (κ3) is 3.75. The zero-order chi connectivity index (χ0) is 7.98. The minimum Gasteiger partial charge on any atom is -0.244 e. The van der Waals surface area contributed by atoms with E-state index in [1.807, 2.05) is 0 Å². The van der Waals surface area contributed by atoms with E-state index in [1.54, 1.807) is 6.92 Å². The van der Waals surface area contributed by atoms with Crippen molar-refractivity contribution < 1.29 is 4.39 Å². The zero-order valence-corrected chi connectivity index (χ0v) is 6.06. The maximum absolute atomic E-state index is 12.1. The fourth-order valence-electron chi connectivity index (χ4n) is 0.253. The van der Waals surface area contributed by atoms with E-state index in [9.17, 15) is 4.39 Å². The van der Waals surface area contributed by atoms with Gasteiger partial charge in [0.2, 0.25) is 0 Å². The molecule has 0 rings (SSSR count). The van der Waals surface area contributed by atoms with E-state index in [1.165, 1.54) is 13.3 Å². The molecule has 2 nitrogen and oxygen atoms in total. The van der Waals surface area contributed by atoms with Crippen molar-refractivity contribution in [3.05, 3.63) is 17.9 Å². The molecule has 0 saturated carbocycles. The Morgan fingerprint density at radius 3 is 2.70 bits per heavy atom. The Kier molecular flexibility index (Phi) is 4.09. The van der Waals surface area contributed by atoms with Crippen LogP contribution in [-0.4, -0.2) is 19.4 Å². The quantitative estimate of drug-likeness (QED) is 0.229. The van der Waals surface area contributed by atoms with E-state index in [4.69, 9.17) is 0 Å². The second kappa shape index (κ2) is 4.65. The van der Waals surface area contributed by atoms with Crippen molar-refractivity contribution in [3.8, 4) is 0 Å². The van der Waals surface area contributed by atoms with Gasteiger partial charge in [0.15, 0.2) is 0 Å². The summed E-state index contributed by atoms with van der Waals surface area (Å²) < 4.78 is 12.1. The lowest BCUT2D eigenvalue weighted by Crippen LogP contribution is -1.83. The molecule has 10 heavy (non-hydrogen) atoms. The van der Waals surface area contributed by atoms with Crippen LogP contribution in [0.25, 0.3) is 0 Å². The summed E-state index contributed by atoms with van der Waals surface area (Å²) in [6.07, 6.45) is 0.574. The van der Waals surface area contributed by atoms with Crippen molar-refractivity contribution in [3.63, 3.8) is 0 Å². The van der Waals surface area contributed by atoms with Crippen molar-refractivity contribution in [2.75, 3.05) is 7.05 Å². The molecule has 0 heterocycles. The molecule has 0 saturated heterocycles. The first kappa shape index (κ1) is 8.79. The van der Waals surface area contributed by atoms with Crippen LogP contribution in [-0.2, 0) is 0 Å². The van der Waals surface area contributed by atoms with Gasteiger partial charge in [-0.25, -0.2) is 9.98 Å². The van der Waals surface area contributed by atoms with Gasteiger partial charge in [-0.05, 0) is 6.92 Å². The number of hydrogen-bond acceptors (Lipinski definition) is 1. The van der Waals surface area contributed by atoms with Gasteiger partial charge >= 0.3 is 6.09 Å². The molecular weight excluding hydrogens is 131 g/mol. The number of rotatable bonds is 1. The van der Waals surface area contributed by atoms with Crippen LogP contribution in [0.15, 0.2) is 27.9 Å². The summed E-state index contributed by atoms with van der Waals surface area (Å²) in [5.41, 5.74) is 3.22. The van der Waals surface area contributed by atoms with Crippen LogP contribution in [0.2, 0.25) is 0 Å². The maximum atomic E-state index is 12.1. The van der Waals surface area contributed by atoms with Gasteiger partial charge in [0.1, 0.15) is 0 Å². The summed E-state index contributed by atoms with van der Waals surface area (Å²) in [6, 6.07) is 0. The molecule has 54 valence electrons. The molecule has 0 aliphatic rings. The first-order valence-corrected chi connectivity index (χ1v) is 2.73. The summed E-state index contributed by atoms with van der Waals surface area (Å²) in [5, 5.41) is 0. The SMILES string of the molecule is C=C=C(C)/C=N\C(F)=N/C. The number of amidine groups is 1. The van der Waals surface area contributed by atoms with Crippen LogP contribution in [0.3, 0.4) is 0 Å². The van der Waals surface area contributed by atoms with Gasteiger partial charge in [-0.3, -0.25) is 0 Å². The number of halogens is 1. The Morgan fingerprint density at radius 1 is 1.70 bits per heavy atom. The van der Waals surface area contributed by atoms with Gasteiger partial charge in [0, 0.05) is 18.8 Å². The van der Waals surface area contributed by atoms with Gasteiger partial charge in [0.25, 0.3) is 0 Å². The lowest BCUT2D eigenvalue weighted by atomic mass is 10.4. The van der Waals surface area contributed by atoms with Crippen LogP contribution in [0.1, 0.15) is 6.92 Å². The molecule has 0 aliphatic heterocycles. The standard InChI is InChI=1S/C7H9FN2/c1-4-6(2)5-10-7(8)9-3/h5H,1H2,2-3H3/b9-7-,10-5-. The number of hydrogen-bond donors (Lipinski definition) is 0. The molecule has 0 radical (unpaired) electrons. The summed E-state index contributed by atoms with van der Waals surface area (Å²) in [4.78, 5) is 6.52. The maximum Gasteiger partial charge on any atom is 0.303 e. The second-order valence-corrected chi connectivity index (χ2v) is 1.61. The van der Waals surface area contributed by atoms with Crippen LogP contribution in [0, 0.1) is 0 Å². The van der Waals surface area contributed by atoms with E-state index in [-0.39, 0.29) is 0 Å². The van der Waals surface area contributed by atoms with E-state index < -0.39 is 6.09 Å². The molecule has 0 bridgehead atoms. The normalized spacial score (nSPS) is 11.7. The molecule has 0 fully saturated rings. The molecule has 0 aromatic carbocycles. The fourth-order valence-corrected chi connectivity index (χ4v) is 0.253. The Bertz CT molecular complexity index is 210. The summed E-state index contributed by atoms with van der Waals surface area (Å²) >= 11 is 0. The minimum atomic E-state index is -0.741. The minimum absolute atomic E-state index is 0.679. The highest BCUT2D eigenvalue weighted by molar-refractivity contribution is 5.89. The zero-order valence-electron chi connectivity index (χ0n) is 6.06. The first-order chi connectivity index (χ1) is 4.70. The molecule has 0 aromatic heterocycles. The summed E-state index contributed by atoms with van der Waals surface area (Å²) in [7, 11) is 1.33. The molecule has 3 heteroatoms. The Balaban J connectivity index is 4.14. The summed E-state index contributed by atoms with van der Waals surface area (Å²) in [5.74, 6) is 0. The molecule has 0 spiro atoms. The van der Waals surface area contributed by atoms with E-state index >= 15 is 0 Å². The van der Waals surface area contributed by atoms with Crippen LogP contribution >= 0.6 is 0 Å². The van der Waals surface area contributed by atoms with E-state index in [0.717, 1.165) is 0 Å². The average molecular weight is 140 g/mol. The van der Waals surface area contributed by atoms with Crippen LogP contribution in [0.4, 0.5) is 4.39 Å². The smallest absolute Gasteiger partial charge is 0.244 e. The summed E-state index contributed by atoms with van der Waals surface area (Å²) in [6.45, 7) is 5.07.